The summed E-state index contributed by atoms with van der Waals surface area (Å²) in [4.78, 5) is 7.79. The molecule has 5 rings (SSSR count). The van der Waals surface area contributed by atoms with Gasteiger partial charge in [0, 0.05) is 28.7 Å². The SMILES string of the molecule is Nc1cc(-c2[nH]c3c(c2Nc2ccccc2)C=CC2(CC2)C3)ccn1. The smallest absolute Gasteiger partial charge is 0.123 e. The van der Waals surface area contributed by atoms with Crippen molar-refractivity contribution in [1.29, 1.82) is 0 Å². The Labute approximate surface area is 146 Å². The second kappa shape index (κ2) is 5.24. The van der Waals surface area contributed by atoms with E-state index in [9.17, 15) is 0 Å². The number of hydrogen-bond donors (Lipinski definition) is 3. The van der Waals surface area contributed by atoms with Crippen molar-refractivity contribution in [2.75, 3.05) is 11.1 Å². The predicted molar refractivity (Wildman–Crippen MR) is 103 cm³/mol. The van der Waals surface area contributed by atoms with Crippen molar-refractivity contribution in [2.45, 2.75) is 19.3 Å². The molecule has 0 radical (unpaired) electrons. The number of benzene rings is 1. The van der Waals surface area contributed by atoms with E-state index in [2.05, 4.69) is 39.6 Å². The van der Waals surface area contributed by atoms with E-state index in [0.717, 1.165) is 29.1 Å². The van der Waals surface area contributed by atoms with Crippen LogP contribution in [0.2, 0.25) is 0 Å². The second-order valence-electron chi connectivity index (χ2n) is 7.10. The molecule has 1 fully saturated rings. The maximum absolute atomic E-state index is 5.91. The number of nitrogens with two attached hydrogens (primary N) is 1. The molecule has 3 aromatic rings. The molecule has 4 nitrogen and oxygen atoms in total. The maximum atomic E-state index is 5.91. The maximum Gasteiger partial charge on any atom is 0.123 e. The van der Waals surface area contributed by atoms with Gasteiger partial charge in [-0.1, -0.05) is 30.4 Å². The Morgan fingerprint density at radius 1 is 1.12 bits per heavy atom. The molecule has 4 N–H and O–H groups in total. The topological polar surface area (TPSA) is 66.7 Å². The van der Waals surface area contributed by atoms with Crippen LogP contribution in [0, 0.1) is 5.41 Å². The second-order valence-corrected chi connectivity index (χ2v) is 7.10. The molecular weight excluding hydrogens is 308 g/mol. The minimum Gasteiger partial charge on any atom is -0.384 e. The van der Waals surface area contributed by atoms with Crippen LogP contribution >= 0.6 is 0 Å². The standard InChI is InChI=1S/C21H20N4/c22-18-12-14(7-11-23-18)19-20(24-15-4-2-1-3-5-15)16-6-8-21(9-10-21)13-17(16)25-19/h1-8,11-12,24-25H,9-10,13H2,(H2,22,23). The average Bonchev–Trinajstić information content (AvgIpc) is 3.28. The van der Waals surface area contributed by atoms with Crippen molar-refractivity contribution >= 4 is 23.3 Å². The first-order chi connectivity index (χ1) is 12.2. The number of anilines is 3. The normalized spacial score (nSPS) is 16.6. The van der Waals surface area contributed by atoms with E-state index in [-0.39, 0.29) is 0 Å². The van der Waals surface area contributed by atoms with Gasteiger partial charge in [0.1, 0.15) is 5.82 Å². The zero-order valence-corrected chi connectivity index (χ0v) is 13.9. The first kappa shape index (κ1) is 14.3. The van der Waals surface area contributed by atoms with Gasteiger partial charge in [-0.2, -0.15) is 0 Å². The highest BCUT2D eigenvalue weighted by molar-refractivity contribution is 5.88. The largest absolute Gasteiger partial charge is 0.384 e. The highest BCUT2D eigenvalue weighted by atomic mass is 14.9. The molecule has 0 bridgehead atoms. The van der Waals surface area contributed by atoms with E-state index in [4.69, 9.17) is 5.73 Å². The molecule has 0 aliphatic heterocycles. The van der Waals surface area contributed by atoms with Crippen molar-refractivity contribution in [3.63, 3.8) is 0 Å². The molecule has 1 saturated carbocycles. The number of pyridine rings is 1. The van der Waals surface area contributed by atoms with Gasteiger partial charge in [0.25, 0.3) is 0 Å². The van der Waals surface area contributed by atoms with Crippen LogP contribution in [0.3, 0.4) is 0 Å². The Kier molecular flexibility index (Phi) is 3.01. The first-order valence-corrected chi connectivity index (χ1v) is 8.71. The molecule has 0 saturated heterocycles. The van der Waals surface area contributed by atoms with Gasteiger partial charge < -0.3 is 16.0 Å². The van der Waals surface area contributed by atoms with Crippen LogP contribution in [0.15, 0.2) is 54.7 Å². The lowest BCUT2D eigenvalue weighted by molar-refractivity contribution is 0.633. The predicted octanol–water partition coefficient (Wildman–Crippen LogP) is 4.75. The van der Waals surface area contributed by atoms with Crippen molar-refractivity contribution < 1.29 is 0 Å². The summed E-state index contributed by atoms with van der Waals surface area (Å²) >= 11 is 0. The lowest BCUT2D eigenvalue weighted by Gasteiger charge is -2.16. The molecule has 2 aliphatic carbocycles. The van der Waals surface area contributed by atoms with Crippen LogP contribution in [-0.4, -0.2) is 9.97 Å². The molecular formula is C21H20N4. The van der Waals surface area contributed by atoms with E-state index in [1.54, 1.807) is 6.20 Å². The number of nitrogen functional groups attached to an aromatic ring is 1. The molecule has 0 unspecified atom stereocenters. The lowest BCUT2D eigenvalue weighted by Crippen LogP contribution is -2.07. The molecule has 1 spiro atoms. The van der Waals surface area contributed by atoms with Gasteiger partial charge in [0.2, 0.25) is 0 Å². The van der Waals surface area contributed by atoms with E-state index >= 15 is 0 Å². The number of rotatable bonds is 3. The van der Waals surface area contributed by atoms with Gasteiger partial charge in [0.05, 0.1) is 11.4 Å². The Balaban J connectivity index is 1.64. The van der Waals surface area contributed by atoms with Crippen molar-refractivity contribution in [2.24, 2.45) is 5.41 Å². The van der Waals surface area contributed by atoms with Crippen LogP contribution < -0.4 is 11.1 Å². The van der Waals surface area contributed by atoms with Gasteiger partial charge in [0.15, 0.2) is 0 Å². The van der Waals surface area contributed by atoms with Crippen LogP contribution in [0.25, 0.3) is 17.3 Å². The quantitative estimate of drug-likeness (QED) is 0.650. The summed E-state index contributed by atoms with van der Waals surface area (Å²) < 4.78 is 0. The number of para-hydroxylation sites is 1. The molecule has 0 atom stereocenters. The fraction of sp³-hybridized carbons (Fsp3) is 0.190. The molecule has 1 aromatic carbocycles. The van der Waals surface area contributed by atoms with E-state index in [1.807, 2.05) is 30.3 Å². The molecule has 4 heteroatoms. The van der Waals surface area contributed by atoms with E-state index in [1.165, 1.54) is 24.1 Å². The highest BCUT2D eigenvalue weighted by Crippen LogP contribution is 2.54. The van der Waals surface area contributed by atoms with Crippen LogP contribution in [0.1, 0.15) is 24.1 Å². The Hall–Kier alpha value is -3.01. The number of fused-ring (bicyclic) bond motifs is 1. The third-order valence-corrected chi connectivity index (χ3v) is 5.26. The lowest BCUT2D eigenvalue weighted by atomic mass is 9.91. The Morgan fingerprint density at radius 2 is 1.96 bits per heavy atom. The minimum atomic E-state index is 0.399. The van der Waals surface area contributed by atoms with Gasteiger partial charge in [-0.05, 0) is 48.9 Å². The number of hydrogen-bond acceptors (Lipinski definition) is 3. The van der Waals surface area contributed by atoms with E-state index < -0.39 is 0 Å². The number of aromatic nitrogens is 2. The molecule has 2 aromatic heterocycles. The molecule has 25 heavy (non-hydrogen) atoms. The molecule has 124 valence electrons. The zero-order valence-electron chi connectivity index (χ0n) is 13.9. The Morgan fingerprint density at radius 3 is 2.72 bits per heavy atom. The minimum absolute atomic E-state index is 0.399. The number of H-pyrrole nitrogens is 1. The van der Waals surface area contributed by atoms with Crippen LogP contribution in [0.4, 0.5) is 17.2 Å². The number of nitrogens with zero attached hydrogens (tertiary/aromatic N) is 1. The summed E-state index contributed by atoms with van der Waals surface area (Å²) in [6.07, 6.45) is 10.1. The molecule has 2 aliphatic rings. The third-order valence-electron chi connectivity index (χ3n) is 5.26. The summed E-state index contributed by atoms with van der Waals surface area (Å²) in [7, 11) is 0. The summed E-state index contributed by atoms with van der Waals surface area (Å²) in [5.74, 6) is 0.532. The van der Waals surface area contributed by atoms with Crippen molar-refractivity contribution in [1.82, 2.24) is 9.97 Å². The zero-order chi connectivity index (χ0) is 16.9. The molecule has 0 amide bonds. The number of aromatic amines is 1. The summed E-state index contributed by atoms with van der Waals surface area (Å²) in [6.45, 7) is 0. The van der Waals surface area contributed by atoms with E-state index in [0.29, 0.717) is 11.2 Å². The first-order valence-electron chi connectivity index (χ1n) is 8.71. The summed E-state index contributed by atoms with van der Waals surface area (Å²) in [5, 5.41) is 3.60. The van der Waals surface area contributed by atoms with Gasteiger partial charge >= 0.3 is 0 Å². The summed E-state index contributed by atoms with van der Waals surface area (Å²) in [5.41, 5.74) is 13.2. The van der Waals surface area contributed by atoms with Gasteiger partial charge in [-0.15, -0.1) is 0 Å². The summed E-state index contributed by atoms with van der Waals surface area (Å²) in [6, 6.07) is 14.2. The average molecular weight is 328 g/mol. The van der Waals surface area contributed by atoms with Crippen LogP contribution in [-0.2, 0) is 6.42 Å². The fourth-order valence-electron chi connectivity index (χ4n) is 3.68. The Bertz CT molecular complexity index is 965. The van der Waals surface area contributed by atoms with Gasteiger partial charge in [-0.25, -0.2) is 4.98 Å². The number of nitrogens with one attached hydrogen (secondary N) is 2. The van der Waals surface area contributed by atoms with Crippen LogP contribution in [0.5, 0.6) is 0 Å². The highest BCUT2D eigenvalue weighted by Gasteiger charge is 2.43. The van der Waals surface area contributed by atoms with Crippen molar-refractivity contribution in [3.8, 4) is 11.3 Å². The van der Waals surface area contributed by atoms with Crippen molar-refractivity contribution in [3.05, 3.63) is 66.0 Å². The third kappa shape index (κ3) is 2.50. The fourth-order valence-corrected chi connectivity index (χ4v) is 3.68. The molecule has 2 heterocycles. The number of allylic oxidation sites excluding steroid dienone is 1. The van der Waals surface area contributed by atoms with Gasteiger partial charge in [-0.3, -0.25) is 0 Å². The monoisotopic (exact) mass is 328 g/mol.